The van der Waals surface area contributed by atoms with Crippen molar-refractivity contribution in [1.82, 2.24) is 9.80 Å². The van der Waals surface area contributed by atoms with Crippen LogP contribution in [0.4, 0.5) is 0 Å². The lowest BCUT2D eigenvalue weighted by atomic mass is 10.1. The maximum absolute atomic E-state index is 12.7. The molecular formula is C21H26Cl2N2O4. The van der Waals surface area contributed by atoms with E-state index in [2.05, 4.69) is 16.8 Å². The number of aliphatic hydroxyl groups excluding tert-OH is 1. The molecule has 1 aromatic heterocycles. The summed E-state index contributed by atoms with van der Waals surface area (Å²) in [4.78, 5) is 17.2. The molecule has 0 saturated carbocycles. The molecule has 8 heteroatoms. The molecule has 6 nitrogen and oxygen atoms in total. The second-order valence-electron chi connectivity index (χ2n) is 7.15. The molecule has 1 saturated heterocycles. The van der Waals surface area contributed by atoms with Crippen LogP contribution in [0.3, 0.4) is 0 Å². The third-order valence-corrected chi connectivity index (χ3v) is 5.05. The zero-order valence-electron chi connectivity index (χ0n) is 16.2. The second kappa shape index (κ2) is 10.3. The average molecular weight is 441 g/mol. The van der Waals surface area contributed by atoms with Crippen molar-refractivity contribution in [3.05, 3.63) is 52.7 Å². The minimum atomic E-state index is -0.572. The van der Waals surface area contributed by atoms with E-state index in [9.17, 15) is 9.90 Å². The van der Waals surface area contributed by atoms with Crippen LogP contribution in [0.25, 0.3) is 21.9 Å². The zero-order valence-corrected chi connectivity index (χ0v) is 17.9. The van der Waals surface area contributed by atoms with Crippen LogP contribution in [0, 0.1) is 0 Å². The molecule has 4 rings (SSSR count). The van der Waals surface area contributed by atoms with Crippen molar-refractivity contribution in [3.63, 3.8) is 0 Å². The fraction of sp³-hybridized carbons (Fsp3) is 0.381. The summed E-state index contributed by atoms with van der Waals surface area (Å²) >= 11 is 0. The van der Waals surface area contributed by atoms with Crippen LogP contribution >= 0.6 is 24.8 Å². The summed E-state index contributed by atoms with van der Waals surface area (Å²) in [5.74, 6) is 0.558. The number of ether oxygens (including phenoxy) is 1. The van der Waals surface area contributed by atoms with Gasteiger partial charge in [0.15, 0.2) is 0 Å². The topological polar surface area (TPSA) is 66.2 Å². The van der Waals surface area contributed by atoms with Gasteiger partial charge in [0.05, 0.1) is 10.8 Å². The number of hydrogen-bond acceptors (Lipinski definition) is 6. The Labute approximate surface area is 181 Å². The lowest BCUT2D eigenvalue weighted by molar-refractivity contribution is 0.0505. The largest absolute Gasteiger partial charge is 0.491 e. The SMILES string of the molecule is CN1CCN(CC(O)COc2ccc3oc4ccccc4c(=O)c3c2)CC1.Cl.Cl. The third-order valence-electron chi connectivity index (χ3n) is 5.05. The van der Waals surface area contributed by atoms with Gasteiger partial charge in [-0.2, -0.15) is 0 Å². The first-order chi connectivity index (χ1) is 13.1. The van der Waals surface area contributed by atoms with E-state index in [1.807, 2.05) is 12.1 Å². The highest BCUT2D eigenvalue weighted by Crippen LogP contribution is 2.22. The molecule has 3 aromatic rings. The van der Waals surface area contributed by atoms with Crippen molar-refractivity contribution >= 4 is 46.8 Å². The number of nitrogens with zero attached hydrogens (tertiary/aromatic N) is 2. The molecule has 0 amide bonds. The summed E-state index contributed by atoms with van der Waals surface area (Å²) in [5.41, 5.74) is 1.03. The fourth-order valence-corrected chi connectivity index (χ4v) is 3.45. The smallest absolute Gasteiger partial charge is 0.200 e. The van der Waals surface area contributed by atoms with E-state index in [4.69, 9.17) is 9.15 Å². The molecule has 0 bridgehead atoms. The number of β-amino-alcohol motifs (C(OH)–C–C–N with tert-alkyl or cyclic N) is 1. The molecular weight excluding hydrogens is 415 g/mol. The van der Waals surface area contributed by atoms with Crippen molar-refractivity contribution in [2.75, 3.05) is 46.4 Å². The van der Waals surface area contributed by atoms with Crippen LogP contribution in [0.2, 0.25) is 0 Å². The monoisotopic (exact) mass is 440 g/mol. The van der Waals surface area contributed by atoms with Crippen LogP contribution in [0.15, 0.2) is 51.7 Å². The summed E-state index contributed by atoms with van der Waals surface area (Å²) < 4.78 is 11.5. The van der Waals surface area contributed by atoms with Crippen LogP contribution in [-0.2, 0) is 0 Å². The van der Waals surface area contributed by atoms with Gasteiger partial charge in [0.2, 0.25) is 5.43 Å². The summed E-state index contributed by atoms with van der Waals surface area (Å²) in [5, 5.41) is 11.3. The van der Waals surface area contributed by atoms with Gasteiger partial charge in [0, 0.05) is 32.7 Å². The highest BCUT2D eigenvalue weighted by atomic mass is 35.5. The van der Waals surface area contributed by atoms with Gasteiger partial charge in [-0.05, 0) is 37.4 Å². The molecule has 1 N–H and O–H groups in total. The number of para-hydroxylation sites is 1. The van der Waals surface area contributed by atoms with Crippen molar-refractivity contribution in [2.45, 2.75) is 6.10 Å². The standard InChI is InChI=1S/C21H24N2O4.2ClH/c1-22-8-10-23(11-9-22)13-15(24)14-26-16-6-7-20-18(12-16)21(25)17-4-2-3-5-19(17)27-20;;/h2-7,12,15,24H,8-11,13-14H2,1H3;2*1H. The quantitative estimate of drug-likeness (QED) is 0.615. The van der Waals surface area contributed by atoms with Gasteiger partial charge in [0.25, 0.3) is 0 Å². The number of halogens is 2. The Balaban J connectivity index is 0.00000150. The van der Waals surface area contributed by atoms with Gasteiger partial charge in [0.1, 0.15) is 29.6 Å². The van der Waals surface area contributed by atoms with Gasteiger partial charge in [-0.1, -0.05) is 12.1 Å². The Morgan fingerprint density at radius 2 is 1.72 bits per heavy atom. The molecule has 2 aromatic carbocycles. The number of rotatable bonds is 5. The molecule has 1 aliphatic heterocycles. The molecule has 0 spiro atoms. The Kier molecular flexibility index (Phi) is 8.31. The van der Waals surface area contributed by atoms with Crippen molar-refractivity contribution in [1.29, 1.82) is 0 Å². The van der Waals surface area contributed by atoms with Gasteiger partial charge in [-0.3, -0.25) is 9.69 Å². The number of fused-ring (bicyclic) bond motifs is 2. The molecule has 0 aliphatic carbocycles. The minimum absolute atomic E-state index is 0. The van der Waals surface area contributed by atoms with Gasteiger partial charge < -0.3 is 19.2 Å². The number of benzene rings is 2. The van der Waals surface area contributed by atoms with Crippen molar-refractivity contribution in [2.24, 2.45) is 0 Å². The Morgan fingerprint density at radius 3 is 2.48 bits per heavy atom. The molecule has 158 valence electrons. The Hall–Kier alpha value is -1.83. The first-order valence-corrected chi connectivity index (χ1v) is 9.27. The van der Waals surface area contributed by atoms with E-state index in [0.717, 1.165) is 26.2 Å². The van der Waals surface area contributed by atoms with E-state index in [1.54, 1.807) is 30.3 Å². The van der Waals surface area contributed by atoms with Crippen molar-refractivity contribution < 1.29 is 14.3 Å². The highest BCUT2D eigenvalue weighted by Gasteiger charge is 2.17. The molecule has 1 fully saturated rings. The predicted octanol–water partition coefficient (Wildman–Crippen LogP) is 2.78. The average Bonchev–Trinajstić information content (AvgIpc) is 2.69. The second-order valence-corrected chi connectivity index (χ2v) is 7.15. The molecule has 1 atom stereocenters. The number of hydrogen-bond donors (Lipinski definition) is 1. The first kappa shape index (κ1) is 23.4. The van der Waals surface area contributed by atoms with Gasteiger partial charge in [-0.25, -0.2) is 0 Å². The number of piperazine rings is 1. The fourth-order valence-electron chi connectivity index (χ4n) is 3.45. The maximum atomic E-state index is 12.7. The van der Waals surface area contributed by atoms with E-state index in [1.165, 1.54) is 0 Å². The summed E-state index contributed by atoms with van der Waals surface area (Å²) in [6, 6.07) is 12.4. The van der Waals surface area contributed by atoms with Gasteiger partial charge in [-0.15, -0.1) is 24.8 Å². The summed E-state index contributed by atoms with van der Waals surface area (Å²) in [6.45, 7) is 4.73. The van der Waals surface area contributed by atoms with E-state index < -0.39 is 6.10 Å². The van der Waals surface area contributed by atoms with E-state index >= 15 is 0 Å². The van der Waals surface area contributed by atoms with Crippen LogP contribution in [0.5, 0.6) is 5.75 Å². The minimum Gasteiger partial charge on any atom is -0.491 e. The normalized spacial score (nSPS) is 16.2. The number of likely N-dealkylation sites (N-methyl/N-ethyl adjacent to an activating group) is 1. The first-order valence-electron chi connectivity index (χ1n) is 9.27. The van der Waals surface area contributed by atoms with Crippen LogP contribution in [0.1, 0.15) is 0 Å². The predicted molar refractivity (Wildman–Crippen MR) is 120 cm³/mol. The molecule has 29 heavy (non-hydrogen) atoms. The molecule has 1 unspecified atom stereocenters. The van der Waals surface area contributed by atoms with Crippen molar-refractivity contribution in [3.8, 4) is 5.75 Å². The van der Waals surface area contributed by atoms with Gasteiger partial charge >= 0.3 is 0 Å². The molecule has 1 aliphatic rings. The lowest BCUT2D eigenvalue weighted by Crippen LogP contribution is -2.47. The summed E-state index contributed by atoms with van der Waals surface area (Å²) in [7, 11) is 2.11. The molecule has 0 radical (unpaired) electrons. The maximum Gasteiger partial charge on any atom is 0.200 e. The number of aliphatic hydroxyl groups is 1. The van der Waals surface area contributed by atoms with Crippen LogP contribution in [-0.4, -0.2) is 67.4 Å². The van der Waals surface area contributed by atoms with Crippen LogP contribution < -0.4 is 10.2 Å². The highest BCUT2D eigenvalue weighted by molar-refractivity contribution is 5.90. The third kappa shape index (κ3) is 5.41. The van der Waals surface area contributed by atoms with E-state index in [-0.39, 0.29) is 36.8 Å². The summed E-state index contributed by atoms with van der Waals surface area (Å²) in [6.07, 6.45) is -0.572. The molecule has 2 heterocycles. The van der Waals surface area contributed by atoms with E-state index in [0.29, 0.717) is 34.2 Å². The lowest BCUT2D eigenvalue weighted by Gasteiger charge is -2.33. The Morgan fingerprint density at radius 1 is 1.03 bits per heavy atom. The zero-order chi connectivity index (χ0) is 18.8. The Bertz CT molecular complexity index is 1000.